The van der Waals surface area contributed by atoms with E-state index in [0.717, 1.165) is 50.1 Å². The van der Waals surface area contributed by atoms with Gasteiger partial charge in [-0.05, 0) is 43.7 Å². The van der Waals surface area contributed by atoms with Crippen molar-refractivity contribution in [3.05, 3.63) is 50.6 Å². The first kappa shape index (κ1) is 18.7. The third-order valence-corrected chi connectivity index (χ3v) is 7.21. The highest BCUT2D eigenvalue weighted by atomic mass is 32.2. The van der Waals surface area contributed by atoms with Crippen LogP contribution in [-0.4, -0.2) is 20.9 Å². The molecule has 0 amide bonds. The standard InChI is InChI=1S/C21H24N2O2S2/c1-5-21(4)11-15-16(12-25-21)27-18-17(15)19(24)23(20(22-18)26-6-2)14-9-7-13(3)8-10-14/h7-10H,5-6,11-12H2,1-4H3/t21-/m1/s1. The van der Waals surface area contributed by atoms with Crippen molar-refractivity contribution in [1.82, 2.24) is 9.55 Å². The molecule has 0 spiro atoms. The maximum atomic E-state index is 13.6. The van der Waals surface area contributed by atoms with Crippen molar-refractivity contribution < 1.29 is 4.74 Å². The fraction of sp³-hybridized carbons (Fsp3) is 0.429. The van der Waals surface area contributed by atoms with E-state index in [1.54, 1.807) is 27.7 Å². The Labute approximate surface area is 167 Å². The van der Waals surface area contributed by atoms with Gasteiger partial charge in [-0.1, -0.05) is 43.3 Å². The summed E-state index contributed by atoms with van der Waals surface area (Å²) in [6.45, 7) is 8.98. The van der Waals surface area contributed by atoms with Crippen LogP contribution in [0.3, 0.4) is 0 Å². The fourth-order valence-corrected chi connectivity index (χ4v) is 5.36. The van der Waals surface area contributed by atoms with Crippen LogP contribution in [0.4, 0.5) is 0 Å². The van der Waals surface area contributed by atoms with Crippen molar-refractivity contribution in [2.45, 2.75) is 57.9 Å². The van der Waals surface area contributed by atoms with E-state index >= 15 is 0 Å². The molecule has 2 aromatic heterocycles. The van der Waals surface area contributed by atoms with Crippen LogP contribution in [0.15, 0.2) is 34.2 Å². The topological polar surface area (TPSA) is 44.1 Å². The molecule has 0 saturated carbocycles. The summed E-state index contributed by atoms with van der Waals surface area (Å²) in [6.07, 6.45) is 1.69. The monoisotopic (exact) mass is 400 g/mol. The van der Waals surface area contributed by atoms with Crippen LogP contribution in [0.2, 0.25) is 0 Å². The zero-order valence-corrected chi connectivity index (χ0v) is 17.8. The molecule has 1 aromatic carbocycles. The summed E-state index contributed by atoms with van der Waals surface area (Å²) in [5, 5.41) is 1.54. The molecular formula is C21H24N2O2S2. The van der Waals surface area contributed by atoms with Gasteiger partial charge < -0.3 is 4.74 Å². The third kappa shape index (κ3) is 3.24. The van der Waals surface area contributed by atoms with Gasteiger partial charge in [0, 0.05) is 11.3 Å². The average molecular weight is 401 g/mol. The molecule has 1 aliphatic heterocycles. The highest BCUT2D eigenvalue weighted by Gasteiger charge is 2.33. The molecule has 1 atom stereocenters. The zero-order valence-electron chi connectivity index (χ0n) is 16.2. The molecule has 0 saturated heterocycles. The van der Waals surface area contributed by atoms with Gasteiger partial charge in [-0.25, -0.2) is 4.98 Å². The molecule has 0 N–H and O–H groups in total. The maximum Gasteiger partial charge on any atom is 0.267 e. The van der Waals surface area contributed by atoms with Crippen LogP contribution in [0.25, 0.3) is 15.9 Å². The predicted octanol–water partition coefficient (Wildman–Crippen LogP) is 5.11. The van der Waals surface area contributed by atoms with E-state index in [2.05, 4.69) is 27.7 Å². The van der Waals surface area contributed by atoms with Gasteiger partial charge in [0.2, 0.25) is 0 Å². The Morgan fingerprint density at radius 2 is 2.04 bits per heavy atom. The summed E-state index contributed by atoms with van der Waals surface area (Å²) in [4.78, 5) is 20.5. The fourth-order valence-electron chi connectivity index (χ4n) is 3.48. The van der Waals surface area contributed by atoms with Gasteiger partial charge in [0.1, 0.15) is 4.83 Å². The number of nitrogens with zero attached hydrogens (tertiary/aromatic N) is 2. The molecule has 6 heteroatoms. The number of thioether (sulfide) groups is 1. The largest absolute Gasteiger partial charge is 0.369 e. The summed E-state index contributed by atoms with van der Waals surface area (Å²) in [5.74, 6) is 0.867. The molecule has 0 fully saturated rings. The molecule has 3 aromatic rings. The second-order valence-corrected chi connectivity index (χ2v) is 9.57. The van der Waals surface area contributed by atoms with Crippen molar-refractivity contribution >= 4 is 33.3 Å². The van der Waals surface area contributed by atoms with Gasteiger partial charge >= 0.3 is 0 Å². The lowest BCUT2D eigenvalue weighted by Crippen LogP contribution is -2.34. The molecule has 0 unspecified atom stereocenters. The van der Waals surface area contributed by atoms with Gasteiger partial charge in [0.25, 0.3) is 5.56 Å². The summed E-state index contributed by atoms with van der Waals surface area (Å²) >= 11 is 3.22. The van der Waals surface area contributed by atoms with Gasteiger partial charge in [-0.2, -0.15) is 0 Å². The van der Waals surface area contributed by atoms with E-state index in [4.69, 9.17) is 9.72 Å². The van der Waals surface area contributed by atoms with Crippen molar-refractivity contribution in [2.24, 2.45) is 0 Å². The summed E-state index contributed by atoms with van der Waals surface area (Å²) in [6, 6.07) is 8.08. The van der Waals surface area contributed by atoms with Crippen LogP contribution in [-0.2, 0) is 17.8 Å². The minimum absolute atomic E-state index is 0.0395. The molecule has 1 aliphatic rings. The van der Waals surface area contributed by atoms with E-state index in [1.165, 1.54) is 5.56 Å². The van der Waals surface area contributed by atoms with Crippen molar-refractivity contribution in [2.75, 3.05) is 5.75 Å². The number of rotatable bonds is 4. The number of hydrogen-bond donors (Lipinski definition) is 0. The Hall–Kier alpha value is -1.63. The van der Waals surface area contributed by atoms with Gasteiger partial charge in [-0.3, -0.25) is 9.36 Å². The lowest BCUT2D eigenvalue weighted by molar-refractivity contribution is -0.0543. The van der Waals surface area contributed by atoms with Crippen LogP contribution >= 0.6 is 23.1 Å². The summed E-state index contributed by atoms with van der Waals surface area (Å²) in [7, 11) is 0. The van der Waals surface area contributed by atoms with E-state index in [-0.39, 0.29) is 11.2 Å². The SMILES string of the molecule is CCSc1nc2sc3c(c2c(=O)n1-c1ccc(C)cc1)C[C@@](C)(CC)OC3. The minimum Gasteiger partial charge on any atom is -0.369 e. The second kappa shape index (κ2) is 7.08. The second-order valence-electron chi connectivity index (χ2n) is 7.26. The minimum atomic E-state index is -0.209. The van der Waals surface area contributed by atoms with E-state index < -0.39 is 0 Å². The first-order valence-electron chi connectivity index (χ1n) is 9.37. The molecule has 4 rings (SSSR count). The van der Waals surface area contributed by atoms with E-state index in [1.807, 2.05) is 24.3 Å². The third-order valence-electron chi connectivity index (χ3n) is 5.29. The van der Waals surface area contributed by atoms with Crippen molar-refractivity contribution in [3.63, 3.8) is 0 Å². The molecule has 0 radical (unpaired) electrons. The number of fused-ring (bicyclic) bond motifs is 3. The molecule has 142 valence electrons. The maximum absolute atomic E-state index is 13.6. The lowest BCUT2D eigenvalue weighted by atomic mass is 9.90. The number of ether oxygens (including phenoxy) is 1. The molecule has 0 bridgehead atoms. The zero-order chi connectivity index (χ0) is 19.2. The molecule has 27 heavy (non-hydrogen) atoms. The van der Waals surface area contributed by atoms with Gasteiger partial charge in [0.15, 0.2) is 5.16 Å². The Bertz CT molecular complexity index is 1050. The van der Waals surface area contributed by atoms with Gasteiger partial charge in [-0.15, -0.1) is 11.3 Å². The van der Waals surface area contributed by atoms with Crippen LogP contribution in [0, 0.1) is 6.92 Å². The van der Waals surface area contributed by atoms with Crippen LogP contribution in [0.1, 0.15) is 43.2 Å². The molecule has 4 nitrogen and oxygen atoms in total. The smallest absolute Gasteiger partial charge is 0.267 e. The molecule has 0 aliphatic carbocycles. The summed E-state index contributed by atoms with van der Waals surface area (Å²) in [5.41, 5.74) is 3.02. The first-order chi connectivity index (χ1) is 13.0. The van der Waals surface area contributed by atoms with Crippen molar-refractivity contribution in [3.8, 4) is 5.69 Å². The lowest BCUT2D eigenvalue weighted by Gasteiger charge is -2.32. The number of aryl methyl sites for hydroxylation is 1. The molecule has 3 heterocycles. The highest BCUT2D eigenvalue weighted by Crippen LogP contribution is 2.39. The number of benzene rings is 1. The number of aromatic nitrogens is 2. The normalized spacial score (nSPS) is 19.4. The summed E-state index contributed by atoms with van der Waals surface area (Å²) < 4.78 is 7.86. The quantitative estimate of drug-likeness (QED) is 0.451. The number of hydrogen-bond acceptors (Lipinski definition) is 5. The van der Waals surface area contributed by atoms with E-state index in [0.29, 0.717) is 6.61 Å². The van der Waals surface area contributed by atoms with Crippen molar-refractivity contribution in [1.29, 1.82) is 0 Å². The molecular weight excluding hydrogens is 376 g/mol. The Morgan fingerprint density at radius 1 is 1.30 bits per heavy atom. The predicted molar refractivity (Wildman–Crippen MR) is 114 cm³/mol. The number of thiophene rings is 1. The van der Waals surface area contributed by atoms with E-state index in [9.17, 15) is 4.79 Å². The highest BCUT2D eigenvalue weighted by molar-refractivity contribution is 7.99. The van der Waals surface area contributed by atoms with Crippen LogP contribution in [0.5, 0.6) is 0 Å². The Balaban J connectivity index is 1.98. The average Bonchev–Trinajstić information content (AvgIpc) is 3.01. The first-order valence-corrected chi connectivity index (χ1v) is 11.2. The van der Waals surface area contributed by atoms with Gasteiger partial charge in [0.05, 0.1) is 23.3 Å². The Kier molecular flexibility index (Phi) is 4.91. The Morgan fingerprint density at radius 3 is 2.70 bits per heavy atom. The van der Waals surface area contributed by atoms with Crippen LogP contribution < -0.4 is 5.56 Å².